The van der Waals surface area contributed by atoms with Gasteiger partial charge in [0.1, 0.15) is 23.2 Å². The fraction of sp³-hybridized carbons (Fsp3) is 0.474. The van der Waals surface area contributed by atoms with Gasteiger partial charge in [-0.15, -0.1) is 0 Å². The zero-order valence-corrected chi connectivity index (χ0v) is 14.9. The molecule has 3 heterocycles. The highest BCUT2D eigenvalue weighted by molar-refractivity contribution is 5.64. The summed E-state index contributed by atoms with van der Waals surface area (Å²) in [5.74, 6) is 3.90. The van der Waals surface area contributed by atoms with Gasteiger partial charge in [-0.25, -0.2) is 9.97 Å². The van der Waals surface area contributed by atoms with E-state index >= 15 is 0 Å². The average Bonchev–Trinajstić information content (AvgIpc) is 3.03. The van der Waals surface area contributed by atoms with Crippen molar-refractivity contribution in [3.8, 4) is 5.75 Å². The van der Waals surface area contributed by atoms with Gasteiger partial charge < -0.3 is 19.3 Å². The molecule has 0 aliphatic carbocycles. The van der Waals surface area contributed by atoms with E-state index in [1.807, 2.05) is 12.1 Å². The Hall–Kier alpha value is -2.34. The van der Waals surface area contributed by atoms with Crippen molar-refractivity contribution in [2.75, 3.05) is 56.8 Å². The van der Waals surface area contributed by atoms with Crippen molar-refractivity contribution >= 4 is 11.6 Å². The van der Waals surface area contributed by atoms with Crippen molar-refractivity contribution in [2.45, 2.75) is 12.8 Å². The molecule has 0 bridgehead atoms. The molecule has 0 N–H and O–H groups in total. The van der Waals surface area contributed by atoms with Gasteiger partial charge >= 0.3 is 0 Å². The molecule has 1 fully saturated rings. The zero-order chi connectivity index (χ0) is 17.2. The highest BCUT2D eigenvalue weighted by Gasteiger charge is 2.27. The van der Waals surface area contributed by atoms with Crippen molar-refractivity contribution in [1.29, 1.82) is 0 Å². The average molecular weight is 340 g/mol. The first-order chi connectivity index (χ1) is 12.2. The second-order valence-electron chi connectivity index (χ2n) is 6.56. The molecular weight excluding hydrogens is 316 g/mol. The smallest absolute Gasteiger partial charge is 0.137 e. The third kappa shape index (κ3) is 3.26. The van der Waals surface area contributed by atoms with E-state index in [9.17, 15) is 0 Å². The van der Waals surface area contributed by atoms with E-state index < -0.39 is 0 Å². The van der Waals surface area contributed by atoms with E-state index in [1.54, 1.807) is 7.11 Å². The van der Waals surface area contributed by atoms with Gasteiger partial charge in [-0.3, -0.25) is 0 Å². The third-order valence-electron chi connectivity index (χ3n) is 4.88. The molecule has 2 aromatic rings. The minimum absolute atomic E-state index is 0.704. The van der Waals surface area contributed by atoms with Gasteiger partial charge in [0.15, 0.2) is 0 Å². The molecule has 0 atom stereocenters. The molecule has 6 nitrogen and oxygen atoms in total. The van der Waals surface area contributed by atoms with Crippen LogP contribution in [0, 0.1) is 0 Å². The number of fused-ring (bicyclic) bond motifs is 1. The molecular formula is C19H24N4O2. The number of aromatic nitrogens is 2. The van der Waals surface area contributed by atoms with Gasteiger partial charge in [0, 0.05) is 38.7 Å². The molecule has 2 aliphatic heterocycles. The number of nitrogens with zero attached hydrogens (tertiary/aromatic N) is 4. The van der Waals surface area contributed by atoms with Crippen LogP contribution >= 0.6 is 0 Å². The summed E-state index contributed by atoms with van der Waals surface area (Å²) in [6, 6.07) is 8.11. The van der Waals surface area contributed by atoms with Crippen molar-refractivity contribution in [3.05, 3.63) is 41.2 Å². The molecule has 6 heteroatoms. The number of ether oxygens (including phenoxy) is 2. The van der Waals surface area contributed by atoms with Crippen LogP contribution in [0.3, 0.4) is 0 Å². The van der Waals surface area contributed by atoms with E-state index in [0.29, 0.717) is 6.42 Å². The molecule has 0 amide bonds. The monoisotopic (exact) mass is 340 g/mol. The van der Waals surface area contributed by atoms with E-state index in [1.165, 1.54) is 5.56 Å². The molecule has 132 valence electrons. The first kappa shape index (κ1) is 16.1. The number of morpholine rings is 1. The summed E-state index contributed by atoms with van der Waals surface area (Å²) >= 11 is 0. The van der Waals surface area contributed by atoms with Crippen LogP contribution in [-0.2, 0) is 17.6 Å². The molecule has 1 aromatic heterocycles. The first-order valence-corrected chi connectivity index (χ1v) is 8.81. The maximum absolute atomic E-state index is 5.50. The molecule has 2 aliphatic rings. The minimum atomic E-state index is 0.704. The van der Waals surface area contributed by atoms with Crippen LogP contribution < -0.4 is 14.5 Å². The fourth-order valence-corrected chi connectivity index (χ4v) is 3.51. The number of rotatable bonds is 4. The third-order valence-corrected chi connectivity index (χ3v) is 4.88. The van der Waals surface area contributed by atoms with E-state index in [-0.39, 0.29) is 0 Å². The quantitative estimate of drug-likeness (QED) is 0.847. The fourth-order valence-electron chi connectivity index (χ4n) is 3.51. The summed E-state index contributed by atoms with van der Waals surface area (Å²) in [5, 5.41) is 0. The lowest BCUT2D eigenvalue weighted by Gasteiger charge is -2.29. The Bertz CT molecular complexity index is 759. The van der Waals surface area contributed by atoms with E-state index in [0.717, 1.165) is 68.0 Å². The number of hydrogen-bond acceptors (Lipinski definition) is 6. The normalized spacial score (nSPS) is 16.9. The number of anilines is 2. The predicted octanol–water partition coefficient (Wildman–Crippen LogP) is 1.90. The zero-order valence-electron chi connectivity index (χ0n) is 14.9. The van der Waals surface area contributed by atoms with Gasteiger partial charge in [-0.05, 0) is 24.1 Å². The lowest BCUT2D eigenvalue weighted by atomic mass is 10.1. The number of likely N-dealkylation sites (N-methyl/N-ethyl adjacent to an activating group) is 1. The SMILES string of the molecule is COc1cccc(Cc2nc3c(c(N4CCOCC4)n2)CCN3C)c1. The molecule has 0 saturated carbocycles. The minimum Gasteiger partial charge on any atom is -0.497 e. The molecule has 0 spiro atoms. The first-order valence-electron chi connectivity index (χ1n) is 8.81. The standard InChI is InChI=1S/C19H24N4O2/c1-22-7-6-16-18(22)20-17(13-14-4-3-5-15(12-14)24-2)21-19(16)23-8-10-25-11-9-23/h3-5,12H,6-11,13H2,1-2H3. The predicted molar refractivity (Wildman–Crippen MR) is 97.8 cm³/mol. The van der Waals surface area contributed by atoms with Gasteiger partial charge in [0.05, 0.1) is 20.3 Å². The molecule has 25 heavy (non-hydrogen) atoms. The highest BCUT2D eigenvalue weighted by Crippen LogP contribution is 2.33. The Morgan fingerprint density at radius 1 is 1.12 bits per heavy atom. The van der Waals surface area contributed by atoms with Gasteiger partial charge in [-0.2, -0.15) is 0 Å². The summed E-state index contributed by atoms with van der Waals surface area (Å²) in [5.41, 5.74) is 2.44. The van der Waals surface area contributed by atoms with Crippen LogP contribution in [0.1, 0.15) is 17.0 Å². The summed E-state index contributed by atoms with van der Waals surface area (Å²) < 4.78 is 10.8. The number of hydrogen-bond donors (Lipinski definition) is 0. The topological polar surface area (TPSA) is 50.7 Å². The lowest BCUT2D eigenvalue weighted by Crippen LogP contribution is -2.37. The molecule has 0 unspecified atom stereocenters. The van der Waals surface area contributed by atoms with Crippen LogP contribution in [0.15, 0.2) is 24.3 Å². The molecule has 1 aromatic carbocycles. The Labute approximate surface area is 148 Å². The van der Waals surface area contributed by atoms with Crippen molar-refractivity contribution < 1.29 is 9.47 Å². The van der Waals surface area contributed by atoms with E-state index in [4.69, 9.17) is 19.4 Å². The Kier molecular flexibility index (Phi) is 4.44. The second-order valence-corrected chi connectivity index (χ2v) is 6.56. The Balaban J connectivity index is 1.69. The van der Waals surface area contributed by atoms with Crippen molar-refractivity contribution in [2.24, 2.45) is 0 Å². The van der Waals surface area contributed by atoms with E-state index in [2.05, 4.69) is 29.0 Å². The molecule has 4 rings (SSSR count). The van der Waals surface area contributed by atoms with Crippen LogP contribution in [-0.4, -0.2) is 57.0 Å². The largest absolute Gasteiger partial charge is 0.497 e. The van der Waals surface area contributed by atoms with Crippen LogP contribution in [0.4, 0.5) is 11.6 Å². The summed E-state index contributed by atoms with van der Waals surface area (Å²) in [7, 11) is 3.80. The molecule has 1 saturated heterocycles. The Morgan fingerprint density at radius 3 is 2.72 bits per heavy atom. The number of benzene rings is 1. The van der Waals surface area contributed by atoms with Crippen molar-refractivity contribution in [1.82, 2.24) is 9.97 Å². The van der Waals surface area contributed by atoms with Crippen molar-refractivity contribution in [3.63, 3.8) is 0 Å². The molecule has 0 radical (unpaired) electrons. The summed E-state index contributed by atoms with van der Waals surface area (Å²) in [6.07, 6.45) is 1.72. The summed E-state index contributed by atoms with van der Waals surface area (Å²) in [6.45, 7) is 4.32. The van der Waals surface area contributed by atoms with Crippen LogP contribution in [0.5, 0.6) is 5.75 Å². The maximum Gasteiger partial charge on any atom is 0.137 e. The lowest BCUT2D eigenvalue weighted by molar-refractivity contribution is 0.122. The second kappa shape index (κ2) is 6.88. The van der Waals surface area contributed by atoms with Gasteiger partial charge in [-0.1, -0.05) is 12.1 Å². The van der Waals surface area contributed by atoms with Crippen LogP contribution in [0.2, 0.25) is 0 Å². The van der Waals surface area contributed by atoms with Gasteiger partial charge in [0.25, 0.3) is 0 Å². The maximum atomic E-state index is 5.50. The summed E-state index contributed by atoms with van der Waals surface area (Å²) in [4.78, 5) is 14.4. The van der Waals surface area contributed by atoms with Gasteiger partial charge in [0.2, 0.25) is 0 Å². The Morgan fingerprint density at radius 2 is 1.92 bits per heavy atom. The van der Waals surface area contributed by atoms with Crippen LogP contribution in [0.25, 0.3) is 0 Å². The number of methoxy groups -OCH3 is 1. The highest BCUT2D eigenvalue weighted by atomic mass is 16.5.